The Bertz CT molecular complexity index is 512. The second-order valence-corrected chi connectivity index (χ2v) is 3.30. The van der Waals surface area contributed by atoms with Gasteiger partial charge in [-0.15, -0.1) is 0 Å². The molecule has 0 spiro atoms. The van der Waals surface area contributed by atoms with Crippen molar-refractivity contribution in [2.24, 2.45) is 0 Å². The van der Waals surface area contributed by atoms with Gasteiger partial charge in [0, 0.05) is 24.5 Å². The fraction of sp³-hybridized carbons (Fsp3) is 0.0833. The van der Waals surface area contributed by atoms with Crippen LogP contribution in [0.4, 0.5) is 14.5 Å². The number of rotatable bonds is 2. The van der Waals surface area contributed by atoms with Gasteiger partial charge in [-0.25, -0.2) is 8.78 Å². The number of halogens is 2. The normalized spacial score (nSPS) is 10.2. The molecule has 1 aromatic heterocycles. The lowest BCUT2D eigenvalue weighted by molar-refractivity contribution is 0.602. The third-order valence-corrected chi connectivity index (χ3v) is 2.25. The van der Waals surface area contributed by atoms with Crippen molar-refractivity contribution in [1.29, 1.82) is 0 Å². The van der Waals surface area contributed by atoms with E-state index < -0.39 is 11.6 Å². The molecule has 2 nitrogen and oxygen atoms in total. The monoisotopic (exact) mass is 220 g/mol. The largest absolute Gasteiger partial charge is 0.388 e. The van der Waals surface area contributed by atoms with Gasteiger partial charge in [0.05, 0.1) is 5.69 Å². The highest BCUT2D eigenvalue weighted by molar-refractivity contribution is 5.64. The number of pyridine rings is 1. The Morgan fingerprint density at radius 1 is 1.12 bits per heavy atom. The molecule has 0 saturated heterocycles. The second kappa shape index (κ2) is 4.26. The molecule has 0 aliphatic carbocycles. The summed E-state index contributed by atoms with van der Waals surface area (Å²) in [4.78, 5) is 4.01. The zero-order chi connectivity index (χ0) is 11.5. The first-order chi connectivity index (χ1) is 7.70. The van der Waals surface area contributed by atoms with Crippen molar-refractivity contribution < 1.29 is 8.78 Å². The lowest BCUT2D eigenvalue weighted by Crippen LogP contribution is -1.92. The Morgan fingerprint density at radius 2 is 1.94 bits per heavy atom. The molecule has 16 heavy (non-hydrogen) atoms. The number of anilines is 1. The van der Waals surface area contributed by atoms with Gasteiger partial charge in [-0.3, -0.25) is 4.98 Å². The van der Waals surface area contributed by atoms with E-state index in [1.807, 2.05) is 0 Å². The van der Waals surface area contributed by atoms with Gasteiger partial charge in [0.1, 0.15) is 11.6 Å². The molecule has 2 rings (SSSR count). The Hall–Kier alpha value is -1.97. The highest BCUT2D eigenvalue weighted by Gasteiger charge is 2.08. The fourth-order valence-electron chi connectivity index (χ4n) is 1.43. The zero-order valence-corrected chi connectivity index (χ0v) is 8.67. The smallest absolute Gasteiger partial charge is 0.132 e. The Kier molecular flexibility index (Phi) is 2.81. The van der Waals surface area contributed by atoms with Crippen molar-refractivity contribution in [3.63, 3.8) is 0 Å². The summed E-state index contributed by atoms with van der Waals surface area (Å²) in [6.45, 7) is 0. The molecule has 82 valence electrons. The van der Waals surface area contributed by atoms with Crippen LogP contribution in [0.1, 0.15) is 0 Å². The van der Waals surface area contributed by atoms with Crippen molar-refractivity contribution >= 4 is 5.69 Å². The van der Waals surface area contributed by atoms with Crippen LogP contribution in [0, 0.1) is 11.6 Å². The minimum Gasteiger partial charge on any atom is -0.388 e. The third-order valence-electron chi connectivity index (χ3n) is 2.25. The molecule has 2 aromatic rings. The molecule has 0 aliphatic rings. The predicted octanol–water partition coefficient (Wildman–Crippen LogP) is 3.07. The lowest BCUT2D eigenvalue weighted by Gasteiger charge is -2.05. The van der Waals surface area contributed by atoms with Crippen LogP contribution < -0.4 is 5.32 Å². The van der Waals surface area contributed by atoms with Crippen LogP contribution >= 0.6 is 0 Å². The van der Waals surface area contributed by atoms with E-state index in [0.717, 1.165) is 23.9 Å². The minimum atomic E-state index is -0.484. The number of benzene rings is 1. The van der Waals surface area contributed by atoms with E-state index in [-0.39, 0.29) is 5.56 Å². The average molecular weight is 220 g/mol. The van der Waals surface area contributed by atoms with Crippen LogP contribution in [0.5, 0.6) is 0 Å². The first-order valence-electron chi connectivity index (χ1n) is 4.80. The van der Waals surface area contributed by atoms with Crippen LogP contribution in [-0.4, -0.2) is 12.0 Å². The number of nitrogens with one attached hydrogen (secondary N) is 1. The van der Waals surface area contributed by atoms with Gasteiger partial charge in [-0.05, 0) is 30.3 Å². The van der Waals surface area contributed by atoms with Gasteiger partial charge >= 0.3 is 0 Å². The van der Waals surface area contributed by atoms with Crippen LogP contribution in [0.25, 0.3) is 11.3 Å². The van der Waals surface area contributed by atoms with E-state index in [1.165, 1.54) is 0 Å². The van der Waals surface area contributed by atoms with Crippen molar-refractivity contribution in [3.8, 4) is 11.3 Å². The molecule has 0 saturated carbocycles. The second-order valence-electron chi connectivity index (χ2n) is 3.30. The highest BCUT2D eigenvalue weighted by atomic mass is 19.1. The standard InChI is InChI=1S/C12H10F2N2/c1-15-9-4-5-16-12(7-9)10-6-8(13)2-3-11(10)14/h2-7H,1H3,(H,15,16). The summed E-state index contributed by atoms with van der Waals surface area (Å²) in [5.41, 5.74) is 1.37. The number of aromatic nitrogens is 1. The van der Waals surface area contributed by atoms with Crippen molar-refractivity contribution in [3.05, 3.63) is 48.2 Å². The summed E-state index contributed by atoms with van der Waals surface area (Å²) in [7, 11) is 1.75. The van der Waals surface area contributed by atoms with Crippen molar-refractivity contribution in [2.45, 2.75) is 0 Å². The van der Waals surface area contributed by atoms with Crippen LogP contribution in [0.15, 0.2) is 36.5 Å². The fourth-order valence-corrected chi connectivity index (χ4v) is 1.43. The van der Waals surface area contributed by atoms with Gasteiger partial charge < -0.3 is 5.32 Å². The van der Waals surface area contributed by atoms with Crippen molar-refractivity contribution in [1.82, 2.24) is 4.98 Å². The van der Waals surface area contributed by atoms with Gasteiger partial charge in [0.2, 0.25) is 0 Å². The highest BCUT2D eigenvalue weighted by Crippen LogP contribution is 2.23. The first kappa shape index (κ1) is 10.5. The van der Waals surface area contributed by atoms with Gasteiger partial charge in [-0.2, -0.15) is 0 Å². The van der Waals surface area contributed by atoms with Gasteiger partial charge in [0.15, 0.2) is 0 Å². The summed E-state index contributed by atoms with van der Waals surface area (Å²) in [5.74, 6) is -0.963. The molecule has 0 amide bonds. The molecule has 1 aromatic carbocycles. The maximum Gasteiger partial charge on any atom is 0.132 e. The minimum absolute atomic E-state index is 0.164. The summed E-state index contributed by atoms with van der Waals surface area (Å²) in [6, 6.07) is 6.73. The molecule has 0 atom stereocenters. The molecule has 0 bridgehead atoms. The SMILES string of the molecule is CNc1ccnc(-c2cc(F)ccc2F)c1. The number of nitrogens with zero attached hydrogens (tertiary/aromatic N) is 1. The number of hydrogen-bond donors (Lipinski definition) is 1. The predicted molar refractivity (Wildman–Crippen MR) is 59.1 cm³/mol. The zero-order valence-electron chi connectivity index (χ0n) is 8.67. The first-order valence-corrected chi connectivity index (χ1v) is 4.80. The Balaban J connectivity index is 2.53. The van der Waals surface area contributed by atoms with Gasteiger partial charge in [0.25, 0.3) is 0 Å². The topological polar surface area (TPSA) is 24.9 Å². The van der Waals surface area contributed by atoms with E-state index >= 15 is 0 Å². The van der Waals surface area contributed by atoms with Gasteiger partial charge in [-0.1, -0.05) is 0 Å². The summed E-state index contributed by atoms with van der Waals surface area (Å²) in [5, 5.41) is 2.91. The summed E-state index contributed by atoms with van der Waals surface area (Å²) in [6.07, 6.45) is 1.55. The molecule has 0 fully saturated rings. The van der Waals surface area contributed by atoms with Crippen molar-refractivity contribution in [2.75, 3.05) is 12.4 Å². The van der Waals surface area contributed by atoms with Crippen LogP contribution in [0.2, 0.25) is 0 Å². The maximum atomic E-state index is 13.5. The van der Waals surface area contributed by atoms with E-state index in [1.54, 1.807) is 25.4 Å². The quantitative estimate of drug-likeness (QED) is 0.841. The Labute approximate surface area is 92.0 Å². The molecule has 1 N–H and O–H groups in total. The molecular weight excluding hydrogens is 210 g/mol. The molecule has 4 heteroatoms. The van der Waals surface area contributed by atoms with E-state index in [0.29, 0.717) is 5.69 Å². The summed E-state index contributed by atoms with van der Waals surface area (Å²) < 4.78 is 26.5. The molecule has 0 unspecified atom stereocenters. The van der Waals surface area contributed by atoms with Crippen LogP contribution in [-0.2, 0) is 0 Å². The molecular formula is C12H10F2N2. The molecule has 0 aliphatic heterocycles. The van der Waals surface area contributed by atoms with Crippen LogP contribution in [0.3, 0.4) is 0 Å². The average Bonchev–Trinajstić information content (AvgIpc) is 2.32. The summed E-state index contributed by atoms with van der Waals surface area (Å²) >= 11 is 0. The lowest BCUT2D eigenvalue weighted by atomic mass is 10.1. The third kappa shape index (κ3) is 2.00. The molecule has 0 radical (unpaired) electrons. The van der Waals surface area contributed by atoms with E-state index in [2.05, 4.69) is 10.3 Å². The molecule has 1 heterocycles. The van der Waals surface area contributed by atoms with E-state index in [4.69, 9.17) is 0 Å². The maximum absolute atomic E-state index is 13.5. The number of hydrogen-bond acceptors (Lipinski definition) is 2. The van der Waals surface area contributed by atoms with E-state index in [9.17, 15) is 8.78 Å². The Morgan fingerprint density at radius 3 is 2.69 bits per heavy atom.